The second kappa shape index (κ2) is 10.4. The summed E-state index contributed by atoms with van der Waals surface area (Å²) in [6.45, 7) is 7.04. The maximum atomic E-state index is 12.3. The molecule has 0 bridgehead atoms. The molecule has 0 saturated heterocycles. The average molecular weight is 248 g/mol. The first-order valence-corrected chi connectivity index (χ1v) is 8.90. The summed E-state index contributed by atoms with van der Waals surface area (Å²) in [5, 5.41) is 0. The molecule has 2 nitrogen and oxygen atoms in total. The van der Waals surface area contributed by atoms with Crippen molar-refractivity contribution in [1.82, 2.24) is 0 Å². The number of rotatable bonds is 11. The molecule has 98 valence electrons. The third-order valence-corrected chi connectivity index (χ3v) is 5.52. The van der Waals surface area contributed by atoms with Crippen LogP contribution >= 0.6 is 7.37 Å². The minimum absolute atomic E-state index is 0.687. The predicted molar refractivity (Wildman–Crippen MR) is 72.6 cm³/mol. The Balaban J connectivity index is 3.69. The van der Waals surface area contributed by atoms with Gasteiger partial charge in [0.25, 0.3) is 0 Å². The Morgan fingerprint density at radius 1 is 0.875 bits per heavy atom. The lowest BCUT2D eigenvalue weighted by Crippen LogP contribution is -2.00. The maximum Gasteiger partial charge on any atom is 0.202 e. The molecule has 0 aliphatic rings. The van der Waals surface area contributed by atoms with Crippen molar-refractivity contribution >= 4 is 7.37 Å². The largest absolute Gasteiger partial charge is 0.328 e. The summed E-state index contributed by atoms with van der Waals surface area (Å²) in [5.74, 6) is 0. The van der Waals surface area contributed by atoms with Gasteiger partial charge in [-0.05, 0) is 12.8 Å². The van der Waals surface area contributed by atoms with E-state index >= 15 is 0 Å². The molecule has 1 atom stereocenters. The molecule has 16 heavy (non-hydrogen) atoms. The molecule has 0 aliphatic carbocycles. The molecule has 0 aromatic rings. The molecule has 0 spiro atoms. The fourth-order valence-corrected chi connectivity index (χ4v) is 3.47. The van der Waals surface area contributed by atoms with Gasteiger partial charge in [0.15, 0.2) is 0 Å². The highest BCUT2D eigenvalue weighted by Crippen LogP contribution is 2.47. The standard InChI is InChI=1S/C13H29O2P/c1-4-7-9-11-13-16(14,6-3)15-12-10-8-5-2/h4-13H2,1-3H3. The van der Waals surface area contributed by atoms with Crippen LogP contribution in [0.4, 0.5) is 0 Å². The molecule has 0 aromatic heterocycles. The normalized spacial score (nSPS) is 14.9. The summed E-state index contributed by atoms with van der Waals surface area (Å²) < 4.78 is 17.9. The van der Waals surface area contributed by atoms with E-state index in [1.165, 1.54) is 32.1 Å². The Hall–Kier alpha value is 0.190. The van der Waals surface area contributed by atoms with Gasteiger partial charge in [-0.2, -0.15) is 0 Å². The molecule has 0 N–H and O–H groups in total. The van der Waals surface area contributed by atoms with Crippen LogP contribution in [0.15, 0.2) is 0 Å². The Kier molecular flexibility index (Phi) is 10.5. The smallest absolute Gasteiger partial charge is 0.202 e. The zero-order valence-corrected chi connectivity index (χ0v) is 12.2. The molecule has 1 unspecified atom stereocenters. The van der Waals surface area contributed by atoms with Crippen molar-refractivity contribution in [2.24, 2.45) is 0 Å². The Labute approximate surface area is 102 Å². The molecule has 0 heterocycles. The third kappa shape index (κ3) is 8.35. The van der Waals surface area contributed by atoms with E-state index in [0.717, 1.165) is 19.0 Å². The second-order valence-electron chi connectivity index (χ2n) is 4.46. The van der Waals surface area contributed by atoms with Crippen molar-refractivity contribution < 1.29 is 9.09 Å². The van der Waals surface area contributed by atoms with E-state index in [-0.39, 0.29) is 0 Å². The monoisotopic (exact) mass is 248 g/mol. The highest BCUT2D eigenvalue weighted by molar-refractivity contribution is 7.58. The zero-order chi connectivity index (χ0) is 12.3. The first-order chi connectivity index (χ1) is 7.68. The quantitative estimate of drug-likeness (QED) is 0.377. The van der Waals surface area contributed by atoms with Crippen molar-refractivity contribution in [3.05, 3.63) is 0 Å². The molecule has 0 aliphatic heterocycles. The van der Waals surface area contributed by atoms with Gasteiger partial charge < -0.3 is 4.52 Å². The summed E-state index contributed by atoms with van der Waals surface area (Å²) in [6.07, 6.45) is 9.64. The van der Waals surface area contributed by atoms with Crippen molar-refractivity contribution in [3.8, 4) is 0 Å². The number of hydrogen-bond donors (Lipinski definition) is 0. The minimum Gasteiger partial charge on any atom is -0.328 e. The van der Waals surface area contributed by atoms with Gasteiger partial charge in [-0.1, -0.05) is 52.9 Å². The molecule has 3 heteroatoms. The van der Waals surface area contributed by atoms with E-state index in [1.807, 2.05) is 6.92 Å². The van der Waals surface area contributed by atoms with Crippen LogP contribution in [0.25, 0.3) is 0 Å². The Morgan fingerprint density at radius 2 is 1.50 bits per heavy atom. The van der Waals surface area contributed by atoms with Crippen LogP contribution in [0, 0.1) is 0 Å². The lowest BCUT2D eigenvalue weighted by atomic mass is 10.2. The summed E-state index contributed by atoms with van der Waals surface area (Å²) in [6, 6.07) is 0. The minimum atomic E-state index is -2.28. The molecule has 0 rings (SSSR count). The second-order valence-corrected chi connectivity index (χ2v) is 7.42. The van der Waals surface area contributed by atoms with Crippen LogP contribution in [-0.4, -0.2) is 18.9 Å². The molecule has 0 radical (unpaired) electrons. The molecule has 0 fully saturated rings. The van der Waals surface area contributed by atoms with Gasteiger partial charge in [0.1, 0.15) is 0 Å². The van der Waals surface area contributed by atoms with Crippen LogP contribution in [0.5, 0.6) is 0 Å². The van der Waals surface area contributed by atoms with Crippen molar-refractivity contribution in [2.45, 2.75) is 65.7 Å². The van der Waals surface area contributed by atoms with Gasteiger partial charge in [0, 0.05) is 12.3 Å². The summed E-state index contributed by atoms with van der Waals surface area (Å²) in [4.78, 5) is 0. The van der Waals surface area contributed by atoms with Gasteiger partial charge in [0.2, 0.25) is 7.37 Å². The van der Waals surface area contributed by atoms with Gasteiger partial charge in [0.05, 0.1) is 6.61 Å². The van der Waals surface area contributed by atoms with Crippen LogP contribution in [0.3, 0.4) is 0 Å². The summed E-state index contributed by atoms with van der Waals surface area (Å²) in [5.41, 5.74) is 0. The first-order valence-electron chi connectivity index (χ1n) is 6.91. The number of hydrogen-bond acceptors (Lipinski definition) is 2. The van der Waals surface area contributed by atoms with Crippen molar-refractivity contribution in [3.63, 3.8) is 0 Å². The summed E-state index contributed by atoms with van der Waals surface area (Å²) in [7, 11) is -2.28. The molecular weight excluding hydrogens is 219 g/mol. The van der Waals surface area contributed by atoms with E-state index in [1.54, 1.807) is 0 Å². The van der Waals surface area contributed by atoms with E-state index < -0.39 is 7.37 Å². The predicted octanol–water partition coefficient (Wildman–Crippen LogP) is 5.07. The summed E-state index contributed by atoms with van der Waals surface area (Å²) >= 11 is 0. The van der Waals surface area contributed by atoms with Crippen LogP contribution < -0.4 is 0 Å². The Morgan fingerprint density at radius 3 is 2.06 bits per heavy atom. The highest BCUT2D eigenvalue weighted by atomic mass is 31.2. The van der Waals surface area contributed by atoms with E-state index in [2.05, 4.69) is 13.8 Å². The fourth-order valence-electron chi connectivity index (χ4n) is 1.68. The zero-order valence-electron chi connectivity index (χ0n) is 11.3. The molecular formula is C13H29O2P. The third-order valence-electron chi connectivity index (χ3n) is 2.91. The average Bonchev–Trinajstić information content (AvgIpc) is 2.31. The van der Waals surface area contributed by atoms with Gasteiger partial charge in [-0.3, -0.25) is 4.57 Å². The molecule has 0 aromatic carbocycles. The van der Waals surface area contributed by atoms with Crippen LogP contribution in [-0.2, 0) is 9.09 Å². The van der Waals surface area contributed by atoms with Crippen LogP contribution in [0.1, 0.15) is 65.7 Å². The SMILES string of the molecule is CCCCCCP(=O)(CC)OCCCCC. The lowest BCUT2D eigenvalue weighted by Gasteiger charge is -2.16. The van der Waals surface area contributed by atoms with E-state index in [9.17, 15) is 4.57 Å². The topological polar surface area (TPSA) is 26.3 Å². The highest BCUT2D eigenvalue weighted by Gasteiger charge is 2.19. The van der Waals surface area contributed by atoms with Gasteiger partial charge >= 0.3 is 0 Å². The lowest BCUT2D eigenvalue weighted by molar-refractivity contribution is 0.303. The number of unbranched alkanes of at least 4 members (excludes halogenated alkanes) is 5. The fraction of sp³-hybridized carbons (Fsp3) is 1.00. The van der Waals surface area contributed by atoms with Crippen molar-refractivity contribution in [1.29, 1.82) is 0 Å². The van der Waals surface area contributed by atoms with E-state index in [4.69, 9.17) is 4.52 Å². The maximum absolute atomic E-state index is 12.3. The van der Waals surface area contributed by atoms with E-state index in [0.29, 0.717) is 12.8 Å². The van der Waals surface area contributed by atoms with Crippen LogP contribution in [0.2, 0.25) is 0 Å². The molecule has 0 saturated carbocycles. The van der Waals surface area contributed by atoms with Gasteiger partial charge in [-0.25, -0.2) is 0 Å². The van der Waals surface area contributed by atoms with Crippen molar-refractivity contribution in [2.75, 3.05) is 18.9 Å². The first kappa shape index (κ1) is 16.2. The van der Waals surface area contributed by atoms with Gasteiger partial charge in [-0.15, -0.1) is 0 Å². The molecule has 0 amide bonds. The Bertz CT molecular complexity index is 176.